The number of benzene rings is 2. The van der Waals surface area contributed by atoms with E-state index in [4.69, 9.17) is 16.3 Å². The smallest absolute Gasteiger partial charge is 0.244 e. The molecule has 0 aliphatic rings. The molecule has 0 aliphatic carbocycles. The van der Waals surface area contributed by atoms with Crippen LogP contribution in [0.25, 0.3) is 0 Å². The summed E-state index contributed by atoms with van der Waals surface area (Å²) in [5.74, 6) is -0.216. The molecule has 0 aromatic heterocycles. The van der Waals surface area contributed by atoms with E-state index in [1.54, 1.807) is 43.3 Å². The molecule has 2 aromatic carbocycles. The molecule has 0 heterocycles. The molecule has 0 fully saturated rings. The van der Waals surface area contributed by atoms with Crippen molar-refractivity contribution in [2.75, 3.05) is 7.11 Å². The van der Waals surface area contributed by atoms with Crippen LogP contribution in [-0.2, 0) is 21.4 Å². The van der Waals surface area contributed by atoms with E-state index in [0.717, 1.165) is 11.1 Å². The van der Waals surface area contributed by atoms with Crippen LogP contribution in [0.15, 0.2) is 47.4 Å². The Hall–Kier alpha value is -2.09. The van der Waals surface area contributed by atoms with Gasteiger partial charge in [-0.25, -0.2) is 8.42 Å². The van der Waals surface area contributed by atoms with Crippen molar-refractivity contribution in [3.05, 3.63) is 58.6 Å². The van der Waals surface area contributed by atoms with E-state index in [0.29, 0.717) is 5.02 Å². The summed E-state index contributed by atoms with van der Waals surface area (Å²) in [5.41, 5.74) is 1.63. The lowest BCUT2D eigenvalue weighted by Crippen LogP contribution is -2.44. The second kappa shape index (κ2) is 8.53. The van der Waals surface area contributed by atoms with Crippen LogP contribution >= 0.6 is 11.6 Å². The first-order valence-electron chi connectivity index (χ1n) is 7.92. The number of carbonyl (C=O) groups is 1. The van der Waals surface area contributed by atoms with Gasteiger partial charge in [-0.05, 0) is 49.2 Å². The van der Waals surface area contributed by atoms with Gasteiger partial charge in [0.15, 0.2) is 0 Å². The third kappa shape index (κ3) is 5.20. The van der Waals surface area contributed by atoms with Crippen LogP contribution in [0.2, 0.25) is 5.02 Å². The van der Waals surface area contributed by atoms with Crippen molar-refractivity contribution in [2.24, 2.45) is 0 Å². The number of aryl methyl sites for hydroxylation is 1. The van der Waals surface area contributed by atoms with E-state index < -0.39 is 22.0 Å². The molecular weight excluding hydrogens is 376 g/mol. The number of halogens is 1. The van der Waals surface area contributed by atoms with Gasteiger partial charge >= 0.3 is 0 Å². The fraction of sp³-hybridized carbons (Fsp3) is 0.278. The van der Waals surface area contributed by atoms with Crippen LogP contribution in [0.4, 0.5) is 0 Å². The second-order valence-electron chi connectivity index (χ2n) is 5.84. The lowest BCUT2D eigenvalue weighted by atomic mass is 10.2. The van der Waals surface area contributed by atoms with Crippen LogP contribution in [0, 0.1) is 6.92 Å². The Balaban J connectivity index is 2.05. The van der Waals surface area contributed by atoms with Crippen LogP contribution < -0.4 is 14.8 Å². The zero-order chi connectivity index (χ0) is 19.3. The van der Waals surface area contributed by atoms with Crippen molar-refractivity contribution in [3.8, 4) is 5.75 Å². The van der Waals surface area contributed by atoms with Gasteiger partial charge in [0, 0.05) is 11.6 Å². The number of methoxy groups -OCH3 is 1. The maximum atomic E-state index is 12.6. The largest absolute Gasteiger partial charge is 0.495 e. The Morgan fingerprint density at radius 3 is 2.46 bits per heavy atom. The highest BCUT2D eigenvalue weighted by Gasteiger charge is 2.25. The number of rotatable bonds is 7. The molecular formula is C18H21ClN2O4S. The van der Waals surface area contributed by atoms with Crippen LogP contribution in [0.3, 0.4) is 0 Å². The van der Waals surface area contributed by atoms with Crippen molar-refractivity contribution >= 4 is 27.5 Å². The average molecular weight is 397 g/mol. The standard InChI is InChI=1S/C18H21ClN2O4S/c1-12-4-9-16(25-3)17(10-12)26(23,24)21-13(2)18(22)20-11-14-5-7-15(19)8-6-14/h4-10,13,21H,11H2,1-3H3,(H,20,22)/t13-/m0/s1. The Bertz CT molecular complexity index is 883. The van der Waals surface area contributed by atoms with Gasteiger partial charge in [0.05, 0.1) is 13.2 Å². The maximum absolute atomic E-state index is 12.6. The summed E-state index contributed by atoms with van der Waals surface area (Å²) in [6.07, 6.45) is 0. The van der Waals surface area contributed by atoms with Gasteiger partial charge in [0.25, 0.3) is 0 Å². The summed E-state index contributed by atoms with van der Waals surface area (Å²) in [6.45, 7) is 3.54. The first kappa shape index (κ1) is 20.2. The number of amides is 1. The molecule has 2 rings (SSSR count). The molecule has 0 bridgehead atoms. The van der Waals surface area contributed by atoms with Gasteiger partial charge in [0.1, 0.15) is 10.6 Å². The maximum Gasteiger partial charge on any atom is 0.244 e. The van der Waals surface area contributed by atoms with E-state index in [9.17, 15) is 13.2 Å². The SMILES string of the molecule is COc1ccc(C)cc1S(=O)(=O)N[C@@H](C)C(=O)NCc1ccc(Cl)cc1. The molecule has 6 nitrogen and oxygen atoms in total. The summed E-state index contributed by atoms with van der Waals surface area (Å²) in [7, 11) is -2.52. The molecule has 140 valence electrons. The summed E-state index contributed by atoms with van der Waals surface area (Å²) >= 11 is 5.82. The molecule has 0 saturated heterocycles. The molecule has 0 radical (unpaired) electrons. The van der Waals surface area contributed by atoms with Crippen LogP contribution in [-0.4, -0.2) is 27.5 Å². The Morgan fingerprint density at radius 2 is 1.85 bits per heavy atom. The minimum absolute atomic E-state index is 0.00245. The topological polar surface area (TPSA) is 84.5 Å². The number of hydrogen-bond acceptors (Lipinski definition) is 4. The van der Waals surface area contributed by atoms with Gasteiger partial charge in [-0.3, -0.25) is 4.79 Å². The van der Waals surface area contributed by atoms with Crippen molar-refractivity contribution in [1.29, 1.82) is 0 Å². The van der Waals surface area contributed by atoms with Crippen molar-refractivity contribution < 1.29 is 17.9 Å². The lowest BCUT2D eigenvalue weighted by Gasteiger charge is -2.16. The van der Waals surface area contributed by atoms with Gasteiger partial charge in [-0.2, -0.15) is 4.72 Å². The van der Waals surface area contributed by atoms with Crippen molar-refractivity contribution in [2.45, 2.75) is 31.3 Å². The van der Waals surface area contributed by atoms with Gasteiger partial charge in [0.2, 0.25) is 15.9 Å². The minimum atomic E-state index is -3.91. The molecule has 0 saturated carbocycles. The molecule has 8 heteroatoms. The first-order valence-corrected chi connectivity index (χ1v) is 9.78. The lowest BCUT2D eigenvalue weighted by molar-refractivity contribution is -0.122. The molecule has 2 N–H and O–H groups in total. The van der Waals surface area contributed by atoms with Crippen LogP contribution in [0.5, 0.6) is 5.75 Å². The zero-order valence-electron chi connectivity index (χ0n) is 14.7. The predicted octanol–water partition coefficient (Wildman–Crippen LogP) is 2.64. The summed E-state index contributed by atoms with van der Waals surface area (Å²) in [5, 5.41) is 3.30. The van der Waals surface area contributed by atoms with Gasteiger partial charge < -0.3 is 10.1 Å². The molecule has 1 atom stereocenters. The van der Waals surface area contributed by atoms with Crippen LogP contribution in [0.1, 0.15) is 18.1 Å². The molecule has 26 heavy (non-hydrogen) atoms. The highest BCUT2D eigenvalue weighted by molar-refractivity contribution is 7.89. The third-order valence-corrected chi connectivity index (χ3v) is 5.53. The molecule has 0 unspecified atom stereocenters. The number of hydrogen-bond donors (Lipinski definition) is 2. The molecule has 1 amide bonds. The van der Waals surface area contributed by atoms with Crippen molar-refractivity contribution in [1.82, 2.24) is 10.0 Å². The van der Waals surface area contributed by atoms with E-state index in [1.807, 2.05) is 0 Å². The zero-order valence-corrected chi connectivity index (χ0v) is 16.3. The van der Waals surface area contributed by atoms with E-state index in [2.05, 4.69) is 10.0 Å². The second-order valence-corrected chi connectivity index (χ2v) is 7.96. The fourth-order valence-corrected chi connectivity index (χ4v) is 3.87. The number of ether oxygens (including phenoxy) is 1. The average Bonchev–Trinajstić information content (AvgIpc) is 2.60. The monoisotopic (exact) mass is 396 g/mol. The fourth-order valence-electron chi connectivity index (χ4n) is 2.29. The highest BCUT2D eigenvalue weighted by atomic mass is 35.5. The molecule has 0 spiro atoms. The first-order chi connectivity index (χ1) is 12.2. The van der Waals surface area contributed by atoms with Gasteiger partial charge in [-0.15, -0.1) is 0 Å². The summed E-state index contributed by atoms with van der Waals surface area (Å²) in [6, 6.07) is 10.9. The van der Waals surface area contributed by atoms with Crippen molar-refractivity contribution in [3.63, 3.8) is 0 Å². The minimum Gasteiger partial charge on any atom is -0.495 e. The normalized spacial score (nSPS) is 12.5. The van der Waals surface area contributed by atoms with E-state index in [-0.39, 0.29) is 17.2 Å². The predicted molar refractivity (Wildman–Crippen MR) is 101 cm³/mol. The Morgan fingerprint density at radius 1 is 1.19 bits per heavy atom. The number of nitrogens with one attached hydrogen (secondary N) is 2. The molecule has 0 aliphatic heterocycles. The molecule has 2 aromatic rings. The summed E-state index contributed by atoms with van der Waals surface area (Å²) in [4.78, 5) is 12.2. The van der Waals surface area contributed by atoms with E-state index >= 15 is 0 Å². The van der Waals surface area contributed by atoms with Gasteiger partial charge in [-0.1, -0.05) is 29.8 Å². The highest BCUT2D eigenvalue weighted by Crippen LogP contribution is 2.24. The van der Waals surface area contributed by atoms with E-state index in [1.165, 1.54) is 20.1 Å². The quantitative estimate of drug-likeness (QED) is 0.753. The number of carbonyl (C=O) groups excluding carboxylic acids is 1. The Labute approximate surface area is 158 Å². The number of sulfonamides is 1. The summed E-state index contributed by atoms with van der Waals surface area (Å²) < 4.78 is 32.7. The Kier molecular flexibility index (Phi) is 6.63. The third-order valence-electron chi connectivity index (χ3n) is 3.71.